The summed E-state index contributed by atoms with van der Waals surface area (Å²) in [6.45, 7) is 11.0. The first-order valence-corrected chi connectivity index (χ1v) is 6.50. The van der Waals surface area contributed by atoms with Crippen molar-refractivity contribution >= 4 is 12.2 Å². The van der Waals surface area contributed by atoms with E-state index >= 15 is 0 Å². The minimum Gasteiger partial charge on any atom is -0.368 e. The van der Waals surface area contributed by atoms with Crippen LogP contribution in [0.1, 0.15) is 46.1 Å². The number of hydrogen-bond donors (Lipinski definition) is 1. The number of H-pyrrole nitrogens is 1. The third-order valence-corrected chi connectivity index (χ3v) is 2.71. The summed E-state index contributed by atoms with van der Waals surface area (Å²) in [6, 6.07) is 1.93. The average Bonchev–Trinajstić information content (AvgIpc) is 2.15. The minimum atomic E-state index is -0.421. The van der Waals surface area contributed by atoms with Crippen molar-refractivity contribution in [3.8, 4) is 0 Å². The molecule has 0 aliphatic carbocycles. The molecular formula is C13H22N2OS. The fourth-order valence-corrected chi connectivity index (χ4v) is 2.01. The van der Waals surface area contributed by atoms with Crippen LogP contribution in [0.25, 0.3) is 0 Å². The first-order valence-electron chi connectivity index (χ1n) is 6.10. The second kappa shape index (κ2) is 5.74. The van der Waals surface area contributed by atoms with Gasteiger partial charge in [-0.15, -0.1) is 0 Å². The molecule has 1 heterocycles. The van der Waals surface area contributed by atoms with Gasteiger partial charge in [-0.3, -0.25) is 0 Å². The van der Waals surface area contributed by atoms with Crippen molar-refractivity contribution in [2.75, 3.05) is 6.61 Å². The molecule has 17 heavy (non-hydrogen) atoms. The molecule has 4 heteroatoms. The number of nitrogens with one attached hydrogen (secondary N) is 1. The lowest BCUT2D eigenvalue weighted by Crippen LogP contribution is -2.25. The summed E-state index contributed by atoms with van der Waals surface area (Å²) in [4.78, 5) is 7.70. The van der Waals surface area contributed by atoms with Gasteiger partial charge < -0.3 is 9.72 Å². The highest BCUT2D eigenvalue weighted by Gasteiger charge is 2.23. The number of ether oxygens (including phenoxy) is 1. The van der Waals surface area contributed by atoms with E-state index in [1.807, 2.05) is 26.8 Å². The zero-order chi connectivity index (χ0) is 13.1. The maximum Gasteiger partial charge on any atom is 0.139 e. The second-order valence-electron chi connectivity index (χ2n) is 5.13. The number of aromatic amines is 1. The molecule has 0 unspecified atom stereocenters. The van der Waals surface area contributed by atoms with Crippen molar-refractivity contribution in [3.05, 3.63) is 22.2 Å². The van der Waals surface area contributed by atoms with Gasteiger partial charge in [0.1, 0.15) is 16.1 Å². The van der Waals surface area contributed by atoms with Crippen LogP contribution in [0.2, 0.25) is 0 Å². The second-order valence-corrected chi connectivity index (χ2v) is 5.55. The molecule has 0 saturated carbocycles. The van der Waals surface area contributed by atoms with Crippen LogP contribution in [-0.4, -0.2) is 16.6 Å². The topological polar surface area (TPSA) is 37.9 Å². The number of nitrogens with zero attached hydrogens (tertiary/aromatic N) is 1. The van der Waals surface area contributed by atoms with Gasteiger partial charge in [-0.2, -0.15) is 0 Å². The minimum absolute atomic E-state index is 0.421. The zero-order valence-corrected chi connectivity index (χ0v) is 12.1. The van der Waals surface area contributed by atoms with Crippen molar-refractivity contribution < 1.29 is 4.74 Å². The van der Waals surface area contributed by atoms with Gasteiger partial charge in [0, 0.05) is 12.3 Å². The van der Waals surface area contributed by atoms with Crippen LogP contribution < -0.4 is 0 Å². The molecule has 96 valence electrons. The van der Waals surface area contributed by atoms with Crippen molar-refractivity contribution in [2.24, 2.45) is 5.92 Å². The summed E-state index contributed by atoms with van der Waals surface area (Å²) in [5.74, 6) is 1.40. The Bertz CT molecular complexity index is 424. The summed E-state index contributed by atoms with van der Waals surface area (Å²) in [7, 11) is 0. The Morgan fingerprint density at radius 3 is 2.65 bits per heavy atom. The smallest absolute Gasteiger partial charge is 0.139 e. The highest BCUT2D eigenvalue weighted by atomic mass is 32.1. The monoisotopic (exact) mass is 254 g/mol. The first-order chi connectivity index (χ1) is 7.85. The standard InChI is InChI=1S/C13H22N2OS/c1-6-16-13(4,5)12-14-10(7-9(2)3)8-11(17)15-12/h8-9H,6-7H2,1-5H3,(H,14,15,17). The van der Waals surface area contributed by atoms with Crippen LogP contribution in [0.3, 0.4) is 0 Å². The molecule has 1 rings (SSSR count). The van der Waals surface area contributed by atoms with Crippen LogP contribution in [0.15, 0.2) is 6.07 Å². The van der Waals surface area contributed by atoms with Crippen LogP contribution in [0.5, 0.6) is 0 Å². The molecule has 0 spiro atoms. The normalized spacial score (nSPS) is 12.1. The molecule has 0 aliphatic heterocycles. The predicted octanol–water partition coefficient (Wildman–Crippen LogP) is 3.61. The number of aromatic nitrogens is 2. The largest absolute Gasteiger partial charge is 0.368 e. The molecule has 3 nitrogen and oxygen atoms in total. The highest BCUT2D eigenvalue weighted by Crippen LogP contribution is 2.21. The van der Waals surface area contributed by atoms with Crippen molar-refractivity contribution in [3.63, 3.8) is 0 Å². The van der Waals surface area contributed by atoms with Gasteiger partial charge in [-0.1, -0.05) is 26.1 Å². The molecule has 0 bridgehead atoms. The van der Waals surface area contributed by atoms with E-state index in [4.69, 9.17) is 17.0 Å². The molecule has 1 aromatic rings. The molecular weight excluding hydrogens is 232 g/mol. The molecule has 0 radical (unpaired) electrons. The first kappa shape index (κ1) is 14.3. The van der Waals surface area contributed by atoms with Crippen molar-refractivity contribution in [1.82, 2.24) is 9.97 Å². The summed E-state index contributed by atoms with van der Waals surface area (Å²) in [5, 5.41) is 0. The molecule has 1 N–H and O–H groups in total. The summed E-state index contributed by atoms with van der Waals surface area (Å²) in [6.07, 6.45) is 0.974. The van der Waals surface area contributed by atoms with Gasteiger partial charge in [0.2, 0.25) is 0 Å². The van der Waals surface area contributed by atoms with E-state index in [0.717, 1.165) is 17.9 Å². The molecule has 1 aromatic heterocycles. The Hall–Kier alpha value is -0.740. The Morgan fingerprint density at radius 1 is 1.47 bits per heavy atom. The fraction of sp³-hybridized carbons (Fsp3) is 0.692. The molecule has 0 amide bonds. The van der Waals surface area contributed by atoms with E-state index < -0.39 is 5.60 Å². The van der Waals surface area contributed by atoms with Gasteiger partial charge in [0.25, 0.3) is 0 Å². The van der Waals surface area contributed by atoms with Gasteiger partial charge in [-0.25, -0.2) is 4.98 Å². The predicted molar refractivity (Wildman–Crippen MR) is 72.6 cm³/mol. The number of rotatable bonds is 5. The highest BCUT2D eigenvalue weighted by molar-refractivity contribution is 7.71. The van der Waals surface area contributed by atoms with E-state index in [0.29, 0.717) is 17.2 Å². The van der Waals surface area contributed by atoms with E-state index in [1.165, 1.54) is 0 Å². The maximum absolute atomic E-state index is 5.69. The van der Waals surface area contributed by atoms with Crippen LogP contribution >= 0.6 is 12.2 Å². The van der Waals surface area contributed by atoms with Crippen LogP contribution in [-0.2, 0) is 16.8 Å². The third-order valence-electron chi connectivity index (χ3n) is 2.50. The Morgan fingerprint density at radius 2 is 2.12 bits per heavy atom. The average molecular weight is 254 g/mol. The zero-order valence-electron chi connectivity index (χ0n) is 11.3. The third kappa shape index (κ3) is 4.21. The lowest BCUT2D eigenvalue weighted by Gasteiger charge is -2.24. The molecule has 0 saturated heterocycles. The lowest BCUT2D eigenvalue weighted by molar-refractivity contribution is -0.0210. The summed E-state index contributed by atoms with van der Waals surface area (Å²) in [5.41, 5.74) is 0.706. The molecule has 0 aliphatic rings. The Balaban J connectivity index is 3.08. The van der Waals surface area contributed by atoms with Gasteiger partial charge in [0.15, 0.2) is 0 Å². The van der Waals surface area contributed by atoms with Gasteiger partial charge >= 0.3 is 0 Å². The molecule has 0 fully saturated rings. The summed E-state index contributed by atoms with van der Waals surface area (Å²) < 4.78 is 6.32. The van der Waals surface area contributed by atoms with Crippen LogP contribution in [0.4, 0.5) is 0 Å². The van der Waals surface area contributed by atoms with Crippen LogP contribution in [0, 0.1) is 10.6 Å². The molecule has 0 aromatic carbocycles. The Kier molecular flexibility index (Phi) is 4.83. The van der Waals surface area contributed by atoms with E-state index in [9.17, 15) is 0 Å². The van der Waals surface area contributed by atoms with Gasteiger partial charge in [0.05, 0.1) is 0 Å². The quantitative estimate of drug-likeness (QED) is 0.816. The van der Waals surface area contributed by atoms with Crippen molar-refractivity contribution in [1.29, 1.82) is 0 Å². The fourth-order valence-electron chi connectivity index (χ4n) is 1.77. The van der Waals surface area contributed by atoms with E-state index in [2.05, 4.69) is 23.8 Å². The summed E-state index contributed by atoms with van der Waals surface area (Å²) >= 11 is 5.21. The molecule has 0 atom stereocenters. The maximum atomic E-state index is 5.69. The van der Waals surface area contributed by atoms with Crippen molar-refractivity contribution in [2.45, 2.75) is 46.6 Å². The lowest BCUT2D eigenvalue weighted by atomic mass is 10.1. The van der Waals surface area contributed by atoms with E-state index in [-0.39, 0.29) is 0 Å². The van der Waals surface area contributed by atoms with Gasteiger partial charge in [-0.05, 0) is 39.2 Å². The SMILES string of the molecule is CCOC(C)(C)c1nc(=S)cc(CC(C)C)[nH]1. The number of hydrogen-bond acceptors (Lipinski definition) is 3. The van der Waals surface area contributed by atoms with E-state index in [1.54, 1.807) is 0 Å². The Labute approximate surface area is 109 Å².